The predicted molar refractivity (Wildman–Crippen MR) is 127 cm³/mol. The van der Waals surface area contributed by atoms with Gasteiger partial charge in [0, 0.05) is 31.1 Å². The molecule has 4 fully saturated rings. The zero-order valence-electron chi connectivity index (χ0n) is 19.6. The Morgan fingerprint density at radius 2 is 1.77 bits per heavy atom. The lowest BCUT2D eigenvalue weighted by molar-refractivity contribution is -0.139. The van der Waals surface area contributed by atoms with Crippen molar-refractivity contribution in [2.75, 3.05) is 20.1 Å². The third-order valence-electron chi connectivity index (χ3n) is 9.46. The number of hydrogen-bond acceptors (Lipinski definition) is 2. The SMILES string of the molecule is CN(CC1CCCCC1)[C@@H]1CC[C@@]23CCCN2C(=O)CCC[C@H]3[C@H]1Cc1ccccc1. The maximum Gasteiger partial charge on any atom is 0.223 e. The summed E-state index contributed by atoms with van der Waals surface area (Å²) < 4.78 is 0. The topological polar surface area (TPSA) is 23.6 Å². The van der Waals surface area contributed by atoms with Crippen molar-refractivity contribution in [3.05, 3.63) is 35.9 Å². The van der Waals surface area contributed by atoms with Gasteiger partial charge in [-0.05, 0) is 88.2 Å². The maximum absolute atomic E-state index is 13.0. The van der Waals surface area contributed by atoms with Crippen LogP contribution in [0, 0.1) is 17.8 Å². The minimum absolute atomic E-state index is 0.162. The first-order valence-electron chi connectivity index (χ1n) is 13.2. The van der Waals surface area contributed by atoms with Gasteiger partial charge in [-0.1, -0.05) is 49.6 Å². The minimum atomic E-state index is 0.162. The van der Waals surface area contributed by atoms with Crippen molar-refractivity contribution in [3.63, 3.8) is 0 Å². The normalized spacial score (nSPS) is 34.5. The molecule has 170 valence electrons. The Labute approximate surface area is 189 Å². The molecule has 4 aliphatic rings. The number of rotatable bonds is 5. The molecule has 1 aromatic rings. The molecule has 31 heavy (non-hydrogen) atoms. The Balaban J connectivity index is 1.43. The molecule has 1 amide bonds. The summed E-state index contributed by atoms with van der Waals surface area (Å²) in [5.74, 6) is 2.67. The van der Waals surface area contributed by atoms with E-state index in [-0.39, 0.29) is 5.54 Å². The molecular formula is C28H42N2O. The zero-order chi connectivity index (χ0) is 21.3. The molecule has 0 unspecified atom stereocenters. The van der Waals surface area contributed by atoms with E-state index in [0.717, 1.165) is 25.3 Å². The molecule has 2 heterocycles. The van der Waals surface area contributed by atoms with Crippen LogP contribution in [0.2, 0.25) is 0 Å². The number of benzene rings is 1. The van der Waals surface area contributed by atoms with Crippen molar-refractivity contribution >= 4 is 5.91 Å². The van der Waals surface area contributed by atoms with E-state index in [4.69, 9.17) is 0 Å². The van der Waals surface area contributed by atoms with Crippen molar-refractivity contribution in [2.45, 2.75) is 95.1 Å². The number of hydrogen-bond donors (Lipinski definition) is 0. The monoisotopic (exact) mass is 422 g/mol. The second-order valence-electron chi connectivity index (χ2n) is 11.2. The van der Waals surface area contributed by atoms with Gasteiger partial charge in [0.1, 0.15) is 0 Å². The number of carbonyl (C=O) groups is 1. The number of carbonyl (C=O) groups excluding carboxylic acids is 1. The molecule has 2 aliphatic heterocycles. The largest absolute Gasteiger partial charge is 0.337 e. The van der Waals surface area contributed by atoms with E-state index < -0.39 is 0 Å². The first-order valence-corrected chi connectivity index (χ1v) is 13.2. The summed E-state index contributed by atoms with van der Waals surface area (Å²) >= 11 is 0. The van der Waals surface area contributed by atoms with Crippen molar-refractivity contribution < 1.29 is 4.79 Å². The molecule has 0 N–H and O–H groups in total. The van der Waals surface area contributed by atoms with Crippen LogP contribution in [0.4, 0.5) is 0 Å². The highest BCUT2D eigenvalue weighted by atomic mass is 16.2. The van der Waals surface area contributed by atoms with Gasteiger partial charge in [0.2, 0.25) is 5.91 Å². The van der Waals surface area contributed by atoms with Crippen LogP contribution < -0.4 is 0 Å². The van der Waals surface area contributed by atoms with E-state index in [1.807, 2.05) is 0 Å². The lowest BCUT2D eigenvalue weighted by Crippen LogP contribution is -2.60. The fourth-order valence-corrected chi connectivity index (χ4v) is 8.10. The number of nitrogens with zero attached hydrogens (tertiary/aromatic N) is 2. The molecule has 4 atom stereocenters. The Morgan fingerprint density at radius 1 is 0.968 bits per heavy atom. The minimum Gasteiger partial charge on any atom is -0.337 e. The van der Waals surface area contributed by atoms with E-state index in [2.05, 4.69) is 47.2 Å². The van der Waals surface area contributed by atoms with E-state index in [0.29, 0.717) is 23.8 Å². The molecule has 2 aliphatic carbocycles. The van der Waals surface area contributed by atoms with Gasteiger partial charge in [0.05, 0.1) is 0 Å². The van der Waals surface area contributed by atoms with Gasteiger partial charge in [-0.2, -0.15) is 0 Å². The van der Waals surface area contributed by atoms with Gasteiger partial charge in [-0.3, -0.25) is 4.79 Å². The van der Waals surface area contributed by atoms with Gasteiger partial charge in [0.25, 0.3) is 0 Å². The summed E-state index contributed by atoms with van der Waals surface area (Å²) in [5.41, 5.74) is 1.65. The Bertz CT molecular complexity index is 743. The van der Waals surface area contributed by atoms with Crippen molar-refractivity contribution in [1.82, 2.24) is 9.80 Å². The summed E-state index contributed by atoms with van der Waals surface area (Å²) in [5, 5.41) is 0. The molecule has 0 aromatic heterocycles. The summed E-state index contributed by atoms with van der Waals surface area (Å²) in [4.78, 5) is 18.1. The summed E-state index contributed by atoms with van der Waals surface area (Å²) in [6.07, 6.45) is 16.4. The van der Waals surface area contributed by atoms with Gasteiger partial charge < -0.3 is 9.80 Å². The molecule has 1 aromatic carbocycles. The highest BCUT2D eigenvalue weighted by Crippen LogP contribution is 2.53. The van der Waals surface area contributed by atoms with E-state index >= 15 is 0 Å². The quantitative estimate of drug-likeness (QED) is 0.609. The van der Waals surface area contributed by atoms with Crippen molar-refractivity contribution in [1.29, 1.82) is 0 Å². The van der Waals surface area contributed by atoms with Gasteiger partial charge in [-0.25, -0.2) is 0 Å². The van der Waals surface area contributed by atoms with Crippen LogP contribution in [0.15, 0.2) is 30.3 Å². The third kappa shape index (κ3) is 4.19. The van der Waals surface area contributed by atoms with Gasteiger partial charge >= 0.3 is 0 Å². The maximum atomic E-state index is 13.0. The third-order valence-corrected chi connectivity index (χ3v) is 9.46. The molecule has 0 radical (unpaired) electrons. The fraction of sp³-hybridized carbons (Fsp3) is 0.750. The van der Waals surface area contributed by atoms with Crippen molar-refractivity contribution in [3.8, 4) is 0 Å². The van der Waals surface area contributed by atoms with Crippen LogP contribution in [-0.4, -0.2) is 47.4 Å². The van der Waals surface area contributed by atoms with E-state index in [1.54, 1.807) is 0 Å². The fourth-order valence-electron chi connectivity index (χ4n) is 8.10. The van der Waals surface area contributed by atoms with Crippen LogP contribution in [0.1, 0.15) is 82.6 Å². The number of amides is 1. The highest BCUT2D eigenvalue weighted by Gasteiger charge is 2.56. The highest BCUT2D eigenvalue weighted by molar-refractivity contribution is 5.78. The van der Waals surface area contributed by atoms with Gasteiger partial charge in [-0.15, -0.1) is 0 Å². The second-order valence-corrected chi connectivity index (χ2v) is 11.2. The molecule has 3 nitrogen and oxygen atoms in total. The van der Waals surface area contributed by atoms with Crippen LogP contribution in [0.5, 0.6) is 0 Å². The predicted octanol–water partition coefficient (Wildman–Crippen LogP) is 5.68. The molecule has 2 saturated heterocycles. The Kier molecular flexibility index (Phi) is 6.42. The van der Waals surface area contributed by atoms with E-state index in [1.165, 1.54) is 82.7 Å². The Morgan fingerprint density at radius 3 is 2.58 bits per heavy atom. The lowest BCUT2D eigenvalue weighted by Gasteiger charge is -2.55. The standard InChI is InChI=1S/C28H42N2O/c1-29(21-23-12-6-3-7-13-23)26-16-18-28-17-9-19-30(28)27(31)15-8-14-25(28)24(26)20-22-10-4-2-5-11-22/h2,4-5,10-11,23-26H,3,6-9,12-21H2,1H3/t24-,25+,26-,28-/m1/s1. The summed E-state index contributed by atoms with van der Waals surface area (Å²) in [6, 6.07) is 11.9. The molecule has 1 spiro atoms. The summed E-state index contributed by atoms with van der Waals surface area (Å²) in [7, 11) is 2.42. The first-order chi connectivity index (χ1) is 15.2. The smallest absolute Gasteiger partial charge is 0.223 e. The van der Waals surface area contributed by atoms with Crippen molar-refractivity contribution in [2.24, 2.45) is 17.8 Å². The lowest BCUT2D eigenvalue weighted by atomic mass is 9.60. The summed E-state index contributed by atoms with van der Waals surface area (Å²) in [6.45, 7) is 2.29. The molecule has 5 rings (SSSR count). The molecule has 3 heteroatoms. The zero-order valence-corrected chi connectivity index (χ0v) is 19.6. The molecule has 0 bridgehead atoms. The van der Waals surface area contributed by atoms with Gasteiger partial charge in [0.15, 0.2) is 0 Å². The van der Waals surface area contributed by atoms with E-state index in [9.17, 15) is 4.79 Å². The average molecular weight is 423 g/mol. The first kappa shape index (κ1) is 21.5. The van der Waals surface area contributed by atoms with Crippen LogP contribution in [-0.2, 0) is 11.2 Å². The van der Waals surface area contributed by atoms with Crippen LogP contribution in [0.3, 0.4) is 0 Å². The second kappa shape index (κ2) is 9.25. The van der Waals surface area contributed by atoms with Crippen LogP contribution >= 0.6 is 0 Å². The van der Waals surface area contributed by atoms with Crippen LogP contribution in [0.25, 0.3) is 0 Å². The Hall–Kier alpha value is -1.35. The molecular weight excluding hydrogens is 380 g/mol. The molecule has 2 saturated carbocycles. The average Bonchev–Trinajstić information content (AvgIpc) is 3.15.